The van der Waals surface area contributed by atoms with Crippen LogP contribution in [0, 0.1) is 0 Å². The highest BCUT2D eigenvalue weighted by Crippen LogP contribution is 2.33. The molecule has 4 rings (SSSR count). The molecule has 0 spiro atoms. The topological polar surface area (TPSA) is 60.9 Å². The quantitative estimate of drug-likeness (QED) is 0.792. The number of anilines is 2. The number of hydroxylamine groups is 2. The average molecular weight is 427 g/mol. The van der Waals surface area contributed by atoms with Gasteiger partial charge in [0.25, 0.3) is 0 Å². The number of nitrogens with one attached hydrogen (secondary N) is 1. The van der Waals surface area contributed by atoms with Crippen molar-refractivity contribution in [1.29, 1.82) is 0 Å². The van der Waals surface area contributed by atoms with Crippen molar-refractivity contribution in [2.45, 2.75) is 56.8 Å². The predicted octanol–water partition coefficient (Wildman–Crippen LogP) is 3.64. The van der Waals surface area contributed by atoms with Crippen LogP contribution in [0.25, 0.3) is 0 Å². The van der Waals surface area contributed by atoms with Gasteiger partial charge >= 0.3 is 12.3 Å². The Kier molecular flexibility index (Phi) is 6.33. The van der Waals surface area contributed by atoms with Gasteiger partial charge in [-0.2, -0.15) is 13.2 Å². The van der Waals surface area contributed by atoms with Crippen LogP contribution in [0.4, 0.5) is 29.5 Å². The minimum atomic E-state index is -4.42. The number of alkyl halides is 3. The molecule has 166 valence electrons. The Morgan fingerprint density at radius 2 is 1.80 bits per heavy atom. The SMILES string of the molecule is O=C(Nc1ccnc(N2CCN(C3CCCC3)CC2)c1)ON1CCCC1C(F)(F)F. The van der Waals surface area contributed by atoms with E-state index in [0.29, 0.717) is 18.2 Å². The molecule has 1 unspecified atom stereocenters. The second kappa shape index (κ2) is 8.97. The summed E-state index contributed by atoms with van der Waals surface area (Å²) in [6, 6.07) is 2.30. The second-order valence-electron chi connectivity index (χ2n) is 8.21. The summed E-state index contributed by atoms with van der Waals surface area (Å²) >= 11 is 0. The number of hydrogen-bond acceptors (Lipinski definition) is 6. The molecule has 3 heterocycles. The van der Waals surface area contributed by atoms with Crippen molar-refractivity contribution >= 4 is 17.6 Å². The molecule has 0 bridgehead atoms. The minimum absolute atomic E-state index is 0.0664. The van der Waals surface area contributed by atoms with Gasteiger partial charge < -0.3 is 9.74 Å². The summed E-state index contributed by atoms with van der Waals surface area (Å²) in [5, 5.41) is 3.25. The van der Waals surface area contributed by atoms with E-state index < -0.39 is 18.3 Å². The Labute approximate surface area is 174 Å². The number of amides is 1. The molecule has 7 nitrogen and oxygen atoms in total. The van der Waals surface area contributed by atoms with Crippen LogP contribution in [0.3, 0.4) is 0 Å². The molecule has 1 saturated carbocycles. The second-order valence-corrected chi connectivity index (χ2v) is 8.21. The molecule has 10 heteroatoms. The van der Waals surface area contributed by atoms with Crippen LogP contribution in [0.5, 0.6) is 0 Å². The number of carbonyl (C=O) groups is 1. The van der Waals surface area contributed by atoms with E-state index in [2.05, 4.69) is 20.1 Å². The highest BCUT2D eigenvalue weighted by Gasteiger charge is 2.48. The van der Waals surface area contributed by atoms with E-state index in [4.69, 9.17) is 4.84 Å². The van der Waals surface area contributed by atoms with Crippen LogP contribution in [0.15, 0.2) is 18.3 Å². The van der Waals surface area contributed by atoms with E-state index in [-0.39, 0.29) is 13.0 Å². The number of aromatic nitrogens is 1. The third-order valence-corrected chi connectivity index (χ3v) is 6.25. The first kappa shape index (κ1) is 21.2. The lowest BCUT2D eigenvalue weighted by atomic mass is 10.2. The van der Waals surface area contributed by atoms with Crippen molar-refractivity contribution < 1.29 is 22.8 Å². The number of carbonyl (C=O) groups excluding carboxylic acids is 1. The zero-order valence-electron chi connectivity index (χ0n) is 16.9. The van der Waals surface area contributed by atoms with Crippen molar-refractivity contribution in [1.82, 2.24) is 14.9 Å². The molecule has 1 N–H and O–H groups in total. The van der Waals surface area contributed by atoms with E-state index in [1.807, 2.05) is 0 Å². The van der Waals surface area contributed by atoms with Crippen molar-refractivity contribution in [3.8, 4) is 0 Å². The van der Waals surface area contributed by atoms with Gasteiger partial charge in [0.1, 0.15) is 11.9 Å². The largest absolute Gasteiger partial charge is 0.430 e. The number of pyridine rings is 1. The first-order valence-corrected chi connectivity index (χ1v) is 10.7. The summed E-state index contributed by atoms with van der Waals surface area (Å²) in [4.78, 5) is 26.2. The maximum absolute atomic E-state index is 13.0. The van der Waals surface area contributed by atoms with E-state index in [0.717, 1.165) is 37.1 Å². The van der Waals surface area contributed by atoms with Crippen LogP contribution >= 0.6 is 0 Å². The monoisotopic (exact) mass is 427 g/mol. The van der Waals surface area contributed by atoms with Gasteiger partial charge in [-0.25, -0.2) is 9.78 Å². The number of piperazine rings is 1. The molecule has 1 aliphatic carbocycles. The normalized spacial score (nSPS) is 24.4. The molecule has 0 aromatic carbocycles. The summed E-state index contributed by atoms with van der Waals surface area (Å²) in [6.07, 6.45) is 1.72. The molecule has 1 atom stereocenters. The Bertz CT molecular complexity index is 733. The fourth-order valence-electron chi connectivity index (χ4n) is 4.68. The smallest absolute Gasteiger partial charge is 0.354 e. The summed E-state index contributed by atoms with van der Waals surface area (Å²) in [6.45, 7) is 3.76. The predicted molar refractivity (Wildman–Crippen MR) is 106 cm³/mol. The van der Waals surface area contributed by atoms with E-state index >= 15 is 0 Å². The Morgan fingerprint density at radius 1 is 1.07 bits per heavy atom. The number of nitrogens with zero attached hydrogens (tertiary/aromatic N) is 4. The Hall–Kier alpha value is -2.07. The van der Waals surface area contributed by atoms with Gasteiger partial charge in [0.2, 0.25) is 0 Å². The van der Waals surface area contributed by atoms with Gasteiger partial charge in [0.05, 0.1) is 0 Å². The van der Waals surface area contributed by atoms with Crippen LogP contribution in [-0.2, 0) is 4.84 Å². The van der Waals surface area contributed by atoms with Gasteiger partial charge in [-0.1, -0.05) is 12.8 Å². The van der Waals surface area contributed by atoms with Crippen LogP contribution < -0.4 is 10.2 Å². The van der Waals surface area contributed by atoms with Crippen molar-refractivity contribution in [3.63, 3.8) is 0 Å². The van der Waals surface area contributed by atoms with E-state index in [1.54, 1.807) is 18.3 Å². The molecule has 1 aromatic rings. The molecule has 1 amide bonds. The molecule has 0 radical (unpaired) electrons. The van der Waals surface area contributed by atoms with Gasteiger partial charge in [-0.15, -0.1) is 5.06 Å². The fraction of sp³-hybridized carbons (Fsp3) is 0.700. The van der Waals surface area contributed by atoms with Crippen molar-refractivity contribution in [3.05, 3.63) is 18.3 Å². The molecular formula is C20H28F3N5O2. The number of rotatable bonds is 4. The average Bonchev–Trinajstić information content (AvgIpc) is 3.40. The highest BCUT2D eigenvalue weighted by molar-refractivity contribution is 5.84. The standard InChI is InChI=1S/C20H28F3N5O2/c21-20(22,23)17-6-3-9-28(17)30-19(29)25-15-7-8-24-18(14-15)27-12-10-26(11-13-27)16-4-1-2-5-16/h7-8,14,16-17H,1-6,9-13H2,(H,24,25,29). The lowest BCUT2D eigenvalue weighted by Crippen LogP contribution is -2.50. The molecule has 30 heavy (non-hydrogen) atoms. The maximum Gasteiger partial charge on any atom is 0.430 e. The summed E-state index contributed by atoms with van der Waals surface area (Å²) in [5.41, 5.74) is 0.450. The fourth-order valence-corrected chi connectivity index (χ4v) is 4.68. The van der Waals surface area contributed by atoms with E-state index in [1.165, 1.54) is 25.7 Å². The van der Waals surface area contributed by atoms with Crippen LogP contribution in [0.2, 0.25) is 0 Å². The molecular weight excluding hydrogens is 399 g/mol. The highest BCUT2D eigenvalue weighted by atomic mass is 19.4. The summed E-state index contributed by atoms with van der Waals surface area (Å²) in [7, 11) is 0. The molecule has 1 aromatic heterocycles. The lowest BCUT2D eigenvalue weighted by Gasteiger charge is -2.38. The first-order valence-electron chi connectivity index (χ1n) is 10.7. The number of halogens is 3. The Morgan fingerprint density at radius 3 is 2.50 bits per heavy atom. The van der Waals surface area contributed by atoms with Crippen molar-refractivity contribution in [2.75, 3.05) is 42.9 Å². The van der Waals surface area contributed by atoms with Crippen LogP contribution in [-0.4, -0.2) is 72.0 Å². The first-order chi connectivity index (χ1) is 14.4. The molecule has 3 fully saturated rings. The zero-order valence-corrected chi connectivity index (χ0v) is 16.9. The van der Waals surface area contributed by atoms with Gasteiger partial charge in [-0.05, 0) is 31.7 Å². The number of hydrogen-bond donors (Lipinski definition) is 1. The molecule has 2 saturated heterocycles. The van der Waals surface area contributed by atoms with Crippen LogP contribution in [0.1, 0.15) is 38.5 Å². The third kappa shape index (κ3) is 4.97. The molecule has 2 aliphatic heterocycles. The zero-order chi connectivity index (χ0) is 21.1. The maximum atomic E-state index is 13.0. The van der Waals surface area contributed by atoms with E-state index in [9.17, 15) is 18.0 Å². The summed E-state index contributed by atoms with van der Waals surface area (Å²) in [5.74, 6) is 0.744. The van der Waals surface area contributed by atoms with Gasteiger partial charge in [0.15, 0.2) is 0 Å². The molecule has 3 aliphatic rings. The summed E-state index contributed by atoms with van der Waals surface area (Å²) < 4.78 is 39.0. The van der Waals surface area contributed by atoms with Gasteiger partial charge in [0, 0.05) is 56.7 Å². The Balaban J connectivity index is 1.31. The van der Waals surface area contributed by atoms with Crippen molar-refractivity contribution in [2.24, 2.45) is 0 Å². The third-order valence-electron chi connectivity index (χ3n) is 6.25. The minimum Gasteiger partial charge on any atom is -0.354 e. The lowest BCUT2D eigenvalue weighted by molar-refractivity contribution is -0.233. The van der Waals surface area contributed by atoms with Gasteiger partial charge in [-0.3, -0.25) is 10.2 Å².